The first-order valence-corrected chi connectivity index (χ1v) is 10.1. The number of rotatable bonds is 10. The summed E-state index contributed by atoms with van der Waals surface area (Å²) in [5, 5.41) is 25.3. The van der Waals surface area contributed by atoms with Crippen molar-refractivity contribution in [2.45, 2.75) is 25.9 Å². The Bertz CT molecular complexity index is 1130. The van der Waals surface area contributed by atoms with Crippen molar-refractivity contribution in [2.24, 2.45) is 0 Å². The lowest BCUT2D eigenvalue weighted by Gasteiger charge is -2.17. The molecule has 0 amide bonds. The maximum atomic E-state index is 12.7. The number of hydrogen-bond acceptors (Lipinski definition) is 9. The highest BCUT2D eigenvalue weighted by atomic mass is 16.7. The van der Waals surface area contributed by atoms with Crippen LogP contribution in [-0.4, -0.2) is 45.1 Å². The molecule has 11 heteroatoms. The van der Waals surface area contributed by atoms with E-state index in [1.165, 1.54) is 6.07 Å². The number of nitro benzene ring substituents is 1. The minimum Gasteiger partial charge on any atom is -0.454 e. The number of fused-ring (bicyclic) bond motifs is 1. The number of ether oxygens (including phenoxy) is 2. The number of carbonyl (C=O) groups is 1. The highest BCUT2D eigenvalue weighted by Crippen LogP contribution is 2.32. The van der Waals surface area contributed by atoms with Crippen LogP contribution >= 0.6 is 0 Å². The first kappa shape index (κ1) is 21.1. The molecule has 0 fully saturated rings. The van der Waals surface area contributed by atoms with Crippen molar-refractivity contribution in [1.29, 1.82) is 0 Å². The fraction of sp³-hybridized carbons (Fsp3) is 0.286. The Morgan fingerprint density at radius 2 is 2.06 bits per heavy atom. The van der Waals surface area contributed by atoms with Crippen molar-refractivity contribution in [3.8, 4) is 11.5 Å². The summed E-state index contributed by atoms with van der Waals surface area (Å²) in [6.07, 6.45) is 2.18. The number of para-hydroxylation sites is 2. The van der Waals surface area contributed by atoms with Gasteiger partial charge in [0.1, 0.15) is 5.69 Å². The second-order valence-corrected chi connectivity index (χ2v) is 7.19. The maximum absolute atomic E-state index is 12.7. The zero-order valence-electron chi connectivity index (χ0n) is 17.4. The number of Topliss-reactive ketones (excluding diaryl/α,β-unsaturated/α-hetero) is 1. The number of nitrogens with one attached hydrogen (secondary N) is 2. The molecule has 0 saturated carbocycles. The van der Waals surface area contributed by atoms with Gasteiger partial charge in [0.25, 0.3) is 5.69 Å². The fourth-order valence-corrected chi connectivity index (χ4v) is 3.34. The Hall–Kier alpha value is -4.15. The average molecular weight is 438 g/mol. The predicted octanol–water partition coefficient (Wildman–Crippen LogP) is 2.84. The summed E-state index contributed by atoms with van der Waals surface area (Å²) in [6.45, 7) is 2.55. The van der Waals surface area contributed by atoms with E-state index in [0.29, 0.717) is 36.0 Å². The van der Waals surface area contributed by atoms with Gasteiger partial charge < -0.3 is 20.1 Å². The van der Waals surface area contributed by atoms with Crippen LogP contribution in [0.5, 0.6) is 11.5 Å². The first-order valence-electron chi connectivity index (χ1n) is 10.1. The van der Waals surface area contributed by atoms with E-state index < -0.39 is 11.0 Å². The van der Waals surface area contributed by atoms with Crippen molar-refractivity contribution in [3.05, 3.63) is 64.3 Å². The van der Waals surface area contributed by atoms with Crippen LogP contribution in [0.1, 0.15) is 18.9 Å². The molecule has 0 aliphatic carbocycles. The van der Waals surface area contributed by atoms with Crippen LogP contribution in [0.15, 0.2) is 48.7 Å². The molecule has 3 aromatic rings. The number of aromatic nitrogens is 3. The van der Waals surface area contributed by atoms with Gasteiger partial charge in [-0.15, -0.1) is 5.10 Å². The molecule has 0 bridgehead atoms. The van der Waals surface area contributed by atoms with Crippen LogP contribution in [-0.2, 0) is 11.3 Å². The van der Waals surface area contributed by atoms with E-state index in [1.54, 1.807) is 29.1 Å². The van der Waals surface area contributed by atoms with Crippen molar-refractivity contribution in [1.82, 2.24) is 15.0 Å². The van der Waals surface area contributed by atoms with E-state index >= 15 is 0 Å². The largest absolute Gasteiger partial charge is 0.454 e. The monoisotopic (exact) mass is 438 g/mol. The predicted molar refractivity (Wildman–Crippen MR) is 116 cm³/mol. The molecule has 32 heavy (non-hydrogen) atoms. The summed E-state index contributed by atoms with van der Waals surface area (Å²) >= 11 is 0. The molecule has 166 valence electrons. The summed E-state index contributed by atoms with van der Waals surface area (Å²) in [5.74, 6) is 1.73. The average Bonchev–Trinajstić information content (AvgIpc) is 3.45. The molecular formula is C21H22N6O5. The van der Waals surface area contributed by atoms with Gasteiger partial charge in [0.05, 0.1) is 30.3 Å². The maximum Gasteiger partial charge on any atom is 0.292 e. The van der Waals surface area contributed by atoms with Gasteiger partial charge >= 0.3 is 0 Å². The highest BCUT2D eigenvalue weighted by molar-refractivity contribution is 5.90. The normalized spacial score (nSPS) is 12.9. The van der Waals surface area contributed by atoms with Crippen LogP contribution in [0.3, 0.4) is 0 Å². The van der Waals surface area contributed by atoms with E-state index in [9.17, 15) is 14.9 Å². The van der Waals surface area contributed by atoms with Gasteiger partial charge in [0, 0.05) is 6.07 Å². The lowest BCUT2D eigenvalue weighted by Crippen LogP contribution is -2.33. The fourth-order valence-electron chi connectivity index (χ4n) is 3.34. The summed E-state index contributed by atoms with van der Waals surface area (Å²) in [6, 6.07) is 11.3. The van der Waals surface area contributed by atoms with E-state index in [2.05, 4.69) is 20.9 Å². The van der Waals surface area contributed by atoms with E-state index in [-0.39, 0.29) is 24.8 Å². The van der Waals surface area contributed by atoms with Crippen molar-refractivity contribution < 1.29 is 19.2 Å². The van der Waals surface area contributed by atoms with Gasteiger partial charge in [-0.2, -0.15) is 0 Å². The van der Waals surface area contributed by atoms with Crippen molar-refractivity contribution in [2.75, 3.05) is 24.0 Å². The van der Waals surface area contributed by atoms with Crippen LogP contribution in [0.25, 0.3) is 0 Å². The highest BCUT2D eigenvalue weighted by Gasteiger charge is 2.21. The molecule has 1 aliphatic rings. The second kappa shape index (κ2) is 9.33. The smallest absolute Gasteiger partial charge is 0.292 e. The molecule has 1 atom stereocenters. The molecule has 0 spiro atoms. The molecule has 11 nitrogen and oxygen atoms in total. The molecular weight excluding hydrogens is 416 g/mol. The van der Waals surface area contributed by atoms with Crippen LogP contribution < -0.4 is 20.1 Å². The van der Waals surface area contributed by atoms with E-state index in [4.69, 9.17) is 9.47 Å². The zero-order chi connectivity index (χ0) is 22.5. The molecule has 2 N–H and O–H groups in total. The Labute approximate surface area is 183 Å². The standard InChI is InChI=1S/C21H22N6O5/c1-2-15(23-16-5-3-4-6-17(16)27(29)30)18(28)10-22-21-12-26(25-24-21)11-14-7-8-19-20(9-14)32-13-31-19/h3-9,12,15,22-23H,2,10-11,13H2,1H3. The van der Waals surface area contributed by atoms with Crippen LogP contribution in [0, 0.1) is 10.1 Å². The van der Waals surface area contributed by atoms with Gasteiger partial charge in [0.15, 0.2) is 23.1 Å². The molecule has 4 rings (SSSR count). The molecule has 2 heterocycles. The number of ketones is 1. The Balaban J connectivity index is 1.33. The van der Waals surface area contributed by atoms with Gasteiger partial charge in [-0.25, -0.2) is 4.68 Å². The summed E-state index contributed by atoms with van der Waals surface area (Å²) in [4.78, 5) is 23.4. The molecule has 1 aromatic heterocycles. The summed E-state index contributed by atoms with van der Waals surface area (Å²) in [7, 11) is 0. The Morgan fingerprint density at radius 1 is 1.25 bits per heavy atom. The lowest BCUT2D eigenvalue weighted by molar-refractivity contribution is -0.384. The van der Waals surface area contributed by atoms with E-state index in [0.717, 1.165) is 5.56 Å². The minimum atomic E-state index is -0.577. The summed E-state index contributed by atoms with van der Waals surface area (Å²) < 4.78 is 12.3. The zero-order valence-corrected chi connectivity index (χ0v) is 17.4. The van der Waals surface area contributed by atoms with Crippen LogP contribution in [0.4, 0.5) is 17.2 Å². The van der Waals surface area contributed by atoms with Crippen molar-refractivity contribution >= 4 is 23.0 Å². The van der Waals surface area contributed by atoms with E-state index in [1.807, 2.05) is 25.1 Å². The molecule has 0 radical (unpaired) electrons. The number of hydrogen-bond donors (Lipinski definition) is 2. The Morgan fingerprint density at radius 3 is 2.88 bits per heavy atom. The number of carbonyl (C=O) groups excluding carboxylic acids is 1. The van der Waals surface area contributed by atoms with Gasteiger partial charge in [-0.1, -0.05) is 30.3 Å². The second-order valence-electron chi connectivity index (χ2n) is 7.19. The lowest BCUT2D eigenvalue weighted by atomic mass is 10.1. The number of nitro groups is 1. The Kier molecular flexibility index (Phi) is 6.15. The third-order valence-electron chi connectivity index (χ3n) is 4.99. The van der Waals surface area contributed by atoms with Gasteiger partial charge in [-0.3, -0.25) is 14.9 Å². The number of nitrogens with zero attached hydrogens (tertiary/aromatic N) is 4. The first-order chi connectivity index (χ1) is 15.5. The molecule has 0 saturated heterocycles. The minimum absolute atomic E-state index is 0.00878. The number of benzene rings is 2. The molecule has 1 unspecified atom stereocenters. The molecule has 1 aliphatic heterocycles. The van der Waals surface area contributed by atoms with Crippen LogP contribution in [0.2, 0.25) is 0 Å². The third kappa shape index (κ3) is 4.77. The topological polar surface area (TPSA) is 133 Å². The van der Waals surface area contributed by atoms with Crippen molar-refractivity contribution in [3.63, 3.8) is 0 Å². The third-order valence-corrected chi connectivity index (χ3v) is 4.99. The number of anilines is 2. The van der Waals surface area contributed by atoms with Gasteiger partial charge in [-0.05, 0) is 30.2 Å². The SMILES string of the molecule is CCC(Nc1ccccc1[N+](=O)[O-])C(=O)CNc1cn(Cc2ccc3c(c2)OCO3)nn1. The van der Waals surface area contributed by atoms with Gasteiger partial charge in [0.2, 0.25) is 6.79 Å². The quantitative estimate of drug-likeness (QED) is 0.362. The summed E-state index contributed by atoms with van der Waals surface area (Å²) in [5.41, 5.74) is 1.21. The molecule has 2 aromatic carbocycles.